The van der Waals surface area contributed by atoms with Crippen molar-refractivity contribution in [2.24, 2.45) is 0 Å². The SMILES string of the molecule is C=C(C)c1ccc(C(NC(=C)c2ccccc2C(=C)C)C(F)(F)F)cc1. The van der Waals surface area contributed by atoms with E-state index in [-0.39, 0.29) is 11.3 Å². The highest BCUT2D eigenvalue weighted by atomic mass is 19.4. The van der Waals surface area contributed by atoms with Gasteiger partial charge in [-0.1, -0.05) is 79.4 Å². The Hall–Kier alpha value is -2.75. The van der Waals surface area contributed by atoms with E-state index in [4.69, 9.17) is 0 Å². The molecule has 0 aliphatic carbocycles. The molecule has 0 saturated carbocycles. The fourth-order valence-corrected chi connectivity index (χ4v) is 2.68. The molecule has 0 radical (unpaired) electrons. The van der Waals surface area contributed by atoms with E-state index < -0.39 is 12.2 Å². The van der Waals surface area contributed by atoms with Gasteiger partial charge in [-0.2, -0.15) is 13.2 Å². The number of halogens is 3. The van der Waals surface area contributed by atoms with Gasteiger partial charge in [-0.25, -0.2) is 0 Å². The van der Waals surface area contributed by atoms with E-state index in [1.165, 1.54) is 12.1 Å². The molecule has 1 N–H and O–H groups in total. The summed E-state index contributed by atoms with van der Waals surface area (Å²) in [5.41, 5.74) is 4.06. The van der Waals surface area contributed by atoms with Crippen LogP contribution in [0.2, 0.25) is 0 Å². The Bertz CT molecular complexity index is 829. The number of alkyl halides is 3. The highest BCUT2D eigenvalue weighted by molar-refractivity contribution is 5.76. The van der Waals surface area contributed by atoms with Gasteiger partial charge in [-0.15, -0.1) is 0 Å². The maximum absolute atomic E-state index is 13.7. The lowest BCUT2D eigenvalue weighted by Crippen LogP contribution is -2.33. The van der Waals surface area contributed by atoms with E-state index in [1.807, 2.05) is 26.0 Å². The van der Waals surface area contributed by atoms with Gasteiger partial charge in [0.2, 0.25) is 0 Å². The van der Waals surface area contributed by atoms with E-state index >= 15 is 0 Å². The van der Waals surface area contributed by atoms with Crippen LogP contribution >= 0.6 is 0 Å². The molecule has 0 aromatic heterocycles. The molecule has 0 spiro atoms. The Kier molecular flexibility index (Phi) is 5.76. The van der Waals surface area contributed by atoms with Gasteiger partial charge in [0.25, 0.3) is 0 Å². The van der Waals surface area contributed by atoms with Gasteiger partial charge in [0.15, 0.2) is 0 Å². The maximum atomic E-state index is 13.7. The summed E-state index contributed by atoms with van der Waals surface area (Å²) in [4.78, 5) is 0. The quantitative estimate of drug-likeness (QED) is 0.613. The highest BCUT2D eigenvalue weighted by Crippen LogP contribution is 2.35. The summed E-state index contributed by atoms with van der Waals surface area (Å²) in [6.45, 7) is 15.1. The molecule has 1 nitrogen and oxygen atoms in total. The highest BCUT2D eigenvalue weighted by Gasteiger charge is 2.41. The summed E-state index contributed by atoms with van der Waals surface area (Å²) in [6, 6.07) is 11.5. The number of hydrogen-bond donors (Lipinski definition) is 1. The Balaban J connectivity index is 2.36. The van der Waals surface area contributed by atoms with Crippen molar-refractivity contribution in [1.82, 2.24) is 5.32 Å². The summed E-state index contributed by atoms with van der Waals surface area (Å²) < 4.78 is 41.0. The van der Waals surface area contributed by atoms with Crippen LogP contribution in [0.4, 0.5) is 13.2 Å². The molecule has 0 heterocycles. The molecule has 0 aliphatic heterocycles. The summed E-state index contributed by atoms with van der Waals surface area (Å²) >= 11 is 0. The second kappa shape index (κ2) is 7.65. The number of benzene rings is 2. The van der Waals surface area contributed by atoms with Crippen molar-refractivity contribution in [2.75, 3.05) is 0 Å². The molecule has 0 amide bonds. The lowest BCUT2D eigenvalue weighted by Gasteiger charge is -2.25. The van der Waals surface area contributed by atoms with Crippen LogP contribution in [0.1, 0.15) is 42.1 Å². The first kappa shape index (κ1) is 19.6. The largest absolute Gasteiger partial charge is 0.412 e. The summed E-state index contributed by atoms with van der Waals surface area (Å²) in [5, 5.41) is 2.55. The molecular formula is C22H22F3N. The van der Waals surface area contributed by atoms with E-state index in [0.717, 1.165) is 22.3 Å². The number of rotatable bonds is 6. The van der Waals surface area contributed by atoms with Crippen LogP contribution in [0.3, 0.4) is 0 Å². The predicted octanol–water partition coefficient (Wildman–Crippen LogP) is 6.62. The molecule has 0 aliphatic rings. The Morgan fingerprint density at radius 3 is 1.85 bits per heavy atom. The molecule has 2 rings (SSSR count). The zero-order valence-electron chi connectivity index (χ0n) is 15.0. The fourth-order valence-electron chi connectivity index (χ4n) is 2.68. The molecule has 0 bridgehead atoms. The molecule has 1 atom stereocenters. The number of allylic oxidation sites excluding steroid dienone is 2. The molecular weight excluding hydrogens is 335 g/mol. The lowest BCUT2D eigenvalue weighted by atomic mass is 9.98. The van der Waals surface area contributed by atoms with Gasteiger partial charge in [0.05, 0.1) is 0 Å². The van der Waals surface area contributed by atoms with Gasteiger partial charge in [0.1, 0.15) is 6.04 Å². The van der Waals surface area contributed by atoms with Crippen molar-refractivity contribution in [2.45, 2.75) is 26.1 Å². The normalized spacial score (nSPS) is 12.3. The number of nitrogens with one attached hydrogen (secondary N) is 1. The predicted molar refractivity (Wildman–Crippen MR) is 103 cm³/mol. The standard InChI is InChI=1S/C22H22F3N/c1-14(2)17-10-12-18(13-11-17)21(22(23,24)25)26-16(5)20-9-7-6-8-19(20)15(3)4/h6-13,21,26H,1,3,5H2,2,4H3. The minimum Gasteiger partial charge on any atom is -0.370 e. The monoisotopic (exact) mass is 357 g/mol. The Morgan fingerprint density at radius 2 is 1.38 bits per heavy atom. The maximum Gasteiger partial charge on any atom is 0.412 e. The average Bonchev–Trinajstić information content (AvgIpc) is 2.58. The molecule has 2 aromatic carbocycles. The second-order valence-electron chi connectivity index (χ2n) is 6.33. The van der Waals surface area contributed by atoms with Crippen molar-refractivity contribution < 1.29 is 13.2 Å². The minimum atomic E-state index is -4.47. The molecule has 136 valence electrons. The van der Waals surface area contributed by atoms with Crippen LogP contribution in [0, 0.1) is 0 Å². The van der Waals surface area contributed by atoms with Crippen molar-refractivity contribution in [3.05, 3.63) is 90.5 Å². The third-order valence-electron chi connectivity index (χ3n) is 4.09. The molecule has 1 unspecified atom stereocenters. The first-order valence-electron chi connectivity index (χ1n) is 8.14. The van der Waals surface area contributed by atoms with Crippen LogP contribution < -0.4 is 5.32 Å². The van der Waals surface area contributed by atoms with Crippen LogP contribution in [0.15, 0.2) is 68.3 Å². The Morgan fingerprint density at radius 1 is 0.846 bits per heavy atom. The Labute approximate surface area is 152 Å². The van der Waals surface area contributed by atoms with Crippen molar-refractivity contribution >= 4 is 16.8 Å². The summed E-state index contributed by atoms with van der Waals surface area (Å²) in [7, 11) is 0. The zero-order valence-corrected chi connectivity index (χ0v) is 15.0. The molecule has 4 heteroatoms. The van der Waals surface area contributed by atoms with Gasteiger partial charge in [0, 0.05) is 11.3 Å². The van der Waals surface area contributed by atoms with E-state index in [9.17, 15) is 13.2 Å². The van der Waals surface area contributed by atoms with Crippen LogP contribution in [-0.4, -0.2) is 6.18 Å². The second-order valence-corrected chi connectivity index (χ2v) is 6.33. The summed E-state index contributed by atoms with van der Waals surface area (Å²) in [6.07, 6.45) is -4.47. The first-order chi connectivity index (χ1) is 12.1. The van der Waals surface area contributed by atoms with Crippen LogP contribution in [0.5, 0.6) is 0 Å². The van der Waals surface area contributed by atoms with Gasteiger partial charge in [-0.05, 0) is 30.5 Å². The van der Waals surface area contributed by atoms with Gasteiger partial charge >= 0.3 is 6.18 Å². The minimum absolute atomic E-state index is 0.122. The van der Waals surface area contributed by atoms with Crippen molar-refractivity contribution in [3.63, 3.8) is 0 Å². The lowest BCUT2D eigenvalue weighted by molar-refractivity contribution is -0.154. The van der Waals surface area contributed by atoms with E-state index in [0.29, 0.717) is 5.56 Å². The topological polar surface area (TPSA) is 12.0 Å². The van der Waals surface area contributed by atoms with Gasteiger partial charge in [-0.3, -0.25) is 0 Å². The average molecular weight is 357 g/mol. The molecule has 26 heavy (non-hydrogen) atoms. The van der Waals surface area contributed by atoms with E-state index in [1.54, 1.807) is 24.3 Å². The first-order valence-corrected chi connectivity index (χ1v) is 8.14. The molecule has 0 saturated heterocycles. The number of hydrogen-bond acceptors (Lipinski definition) is 1. The molecule has 2 aromatic rings. The van der Waals surface area contributed by atoms with E-state index in [2.05, 4.69) is 25.1 Å². The smallest absolute Gasteiger partial charge is 0.370 e. The zero-order chi connectivity index (χ0) is 19.5. The van der Waals surface area contributed by atoms with Crippen LogP contribution in [-0.2, 0) is 0 Å². The van der Waals surface area contributed by atoms with Gasteiger partial charge < -0.3 is 5.32 Å². The van der Waals surface area contributed by atoms with Crippen molar-refractivity contribution in [3.8, 4) is 0 Å². The third kappa shape index (κ3) is 4.45. The third-order valence-corrected chi connectivity index (χ3v) is 4.09. The molecule has 0 fully saturated rings. The van der Waals surface area contributed by atoms with Crippen molar-refractivity contribution in [1.29, 1.82) is 0 Å². The fraction of sp³-hybridized carbons (Fsp3) is 0.182. The van der Waals surface area contributed by atoms with Crippen LogP contribution in [0.25, 0.3) is 16.8 Å². The summed E-state index contributed by atoms with van der Waals surface area (Å²) in [5.74, 6) is 0.